The molecule has 1 rings (SSSR count). The Bertz CT molecular complexity index is 431. The maximum Gasteiger partial charge on any atom is 0.311 e. The Morgan fingerprint density at radius 1 is 1.47 bits per heavy atom. The van der Waals surface area contributed by atoms with E-state index in [1.807, 2.05) is 25.1 Å². The van der Waals surface area contributed by atoms with Gasteiger partial charge in [0.05, 0.1) is 19.1 Å². The van der Waals surface area contributed by atoms with Gasteiger partial charge in [-0.05, 0) is 30.5 Å². The molecule has 0 aliphatic rings. The summed E-state index contributed by atoms with van der Waals surface area (Å²) in [5.74, 6) is -0.864. The van der Waals surface area contributed by atoms with E-state index in [9.17, 15) is 9.90 Å². The molecule has 0 saturated heterocycles. The molecule has 0 aromatic heterocycles. The number of esters is 1. The summed E-state index contributed by atoms with van der Waals surface area (Å²) in [7, 11) is 1.36. The monoisotopic (exact) mass is 328 g/mol. The molecule has 0 saturated carbocycles. The highest BCUT2D eigenvalue weighted by molar-refractivity contribution is 9.10. The van der Waals surface area contributed by atoms with Gasteiger partial charge >= 0.3 is 5.97 Å². The third-order valence-electron chi connectivity index (χ3n) is 3.23. The summed E-state index contributed by atoms with van der Waals surface area (Å²) in [6.07, 6.45) is 1.66. The maximum atomic E-state index is 11.8. The first-order valence-electron chi connectivity index (χ1n) is 6.53. The fraction of sp³-hybridized carbons (Fsp3) is 0.533. The Morgan fingerprint density at radius 3 is 2.68 bits per heavy atom. The van der Waals surface area contributed by atoms with Crippen LogP contribution in [-0.2, 0) is 9.53 Å². The van der Waals surface area contributed by atoms with Gasteiger partial charge < -0.3 is 9.84 Å². The second-order valence-corrected chi connectivity index (χ2v) is 5.60. The number of aliphatic hydroxyl groups excluding tert-OH is 1. The van der Waals surface area contributed by atoms with Crippen molar-refractivity contribution in [1.82, 2.24) is 0 Å². The summed E-state index contributed by atoms with van der Waals surface area (Å²) >= 11 is 3.44. The minimum absolute atomic E-state index is 0.353. The zero-order valence-corrected chi connectivity index (χ0v) is 13.2. The molecule has 0 aliphatic heterocycles. The van der Waals surface area contributed by atoms with Crippen LogP contribution >= 0.6 is 15.9 Å². The van der Waals surface area contributed by atoms with Crippen LogP contribution in [0.5, 0.6) is 0 Å². The normalized spacial score (nSPS) is 13.9. The topological polar surface area (TPSA) is 46.5 Å². The SMILES string of the molecule is CCCCC(C(=O)OC)C(O)c1ccc(C)cc1Br. The molecular formula is C15H21BrO3. The third-order valence-corrected chi connectivity index (χ3v) is 3.92. The number of hydrogen-bond donors (Lipinski definition) is 1. The molecule has 19 heavy (non-hydrogen) atoms. The van der Waals surface area contributed by atoms with Crippen LogP contribution < -0.4 is 0 Å². The van der Waals surface area contributed by atoms with Crippen LogP contribution in [0.3, 0.4) is 0 Å². The summed E-state index contributed by atoms with van der Waals surface area (Å²) in [6, 6.07) is 5.72. The molecule has 4 heteroatoms. The lowest BCUT2D eigenvalue weighted by Crippen LogP contribution is -2.24. The second kappa shape index (κ2) is 7.65. The molecule has 106 valence electrons. The minimum Gasteiger partial charge on any atom is -0.469 e. The third kappa shape index (κ3) is 4.32. The molecule has 0 amide bonds. The summed E-state index contributed by atoms with van der Waals surface area (Å²) in [5, 5.41) is 10.4. The number of benzene rings is 1. The molecular weight excluding hydrogens is 308 g/mol. The molecule has 0 aliphatic carbocycles. The summed E-state index contributed by atoms with van der Waals surface area (Å²) in [5.41, 5.74) is 1.84. The Kier molecular flexibility index (Phi) is 6.52. The van der Waals surface area contributed by atoms with Crippen molar-refractivity contribution in [3.8, 4) is 0 Å². The predicted molar refractivity (Wildman–Crippen MR) is 78.9 cm³/mol. The molecule has 2 unspecified atom stereocenters. The van der Waals surface area contributed by atoms with E-state index in [0.717, 1.165) is 28.4 Å². The van der Waals surface area contributed by atoms with E-state index >= 15 is 0 Å². The van der Waals surface area contributed by atoms with Crippen LogP contribution in [0.25, 0.3) is 0 Å². The van der Waals surface area contributed by atoms with E-state index < -0.39 is 12.0 Å². The highest BCUT2D eigenvalue weighted by atomic mass is 79.9. The molecule has 0 bridgehead atoms. The summed E-state index contributed by atoms with van der Waals surface area (Å²) < 4.78 is 5.63. The van der Waals surface area contributed by atoms with Crippen LogP contribution in [-0.4, -0.2) is 18.2 Å². The first-order chi connectivity index (χ1) is 9.01. The van der Waals surface area contributed by atoms with Gasteiger partial charge in [0.15, 0.2) is 0 Å². The molecule has 1 aromatic carbocycles. The Morgan fingerprint density at radius 2 is 2.16 bits per heavy atom. The van der Waals surface area contributed by atoms with Crippen molar-refractivity contribution in [3.63, 3.8) is 0 Å². The number of halogens is 1. The van der Waals surface area contributed by atoms with Crippen LogP contribution in [0.2, 0.25) is 0 Å². The standard InChI is InChI=1S/C15H21BrO3/c1-4-5-6-12(15(18)19-3)14(17)11-8-7-10(2)9-13(11)16/h7-9,12,14,17H,4-6H2,1-3H3. The van der Waals surface area contributed by atoms with Crippen molar-refractivity contribution in [3.05, 3.63) is 33.8 Å². The van der Waals surface area contributed by atoms with E-state index in [2.05, 4.69) is 22.9 Å². The molecule has 0 radical (unpaired) electrons. The molecule has 2 atom stereocenters. The van der Waals surface area contributed by atoms with E-state index in [4.69, 9.17) is 4.74 Å². The van der Waals surface area contributed by atoms with Gasteiger partial charge in [0, 0.05) is 4.47 Å². The van der Waals surface area contributed by atoms with E-state index in [1.54, 1.807) is 0 Å². The lowest BCUT2D eigenvalue weighted by Gasteiger charge is -2.22. The van der Waals surface area contributed by atoms with Gasteiger partial charge in [-0.15, -0.1) is 0 Å². The van der Waals surface area contributed by atoms with Crippen molar-refractivity contribution in [2.75, 3.05) is 7.11 Å². The molecule has 3 nitrogen and oxygen atoms in total. The number of hydrogen-bond acceptors (Lipinski definition) is 3. The molecule has 0 spiro atoms. The van der Waals surface area contributed by atoms with Crippen molar-refractivity contribution < 1.29 is 14.6 Å². The van der Waals surface area contributed by atoms with Gasteiger partial charge in [-0.2, -0.15) is 0 Å². The van der Waals surface area contributed by atoms with Crippen LogP contribution in [0.15, 0.2) is 22.7 Å². The van der Waals surface area contributed by atoms with Crippen LogP contribution in [0.4, 0.5) is 0 Å². The van der Waals surface area contributed by atoms with E-state index in [0.29, 0.717) is 6.42 Å². The van der Waals surface area contributed by atoms with Crippen molar-refractivity contribution in [2.24, 2.45) is 5.92 Å². The predicted octanol–water partition coefficient (Wildman–Crippen LogP) is 3.77. The van der Waals surface area contributed by atoms with E-state index in [-0.39, 0.29) is 5.97 Å². The van der Waals surface area contributed by atoms with Crippen LogP contribution in [0, 0.1) is 12.8 Å². The van der Waals surface area contributed by atoms with Gasteiger partial charge in [0.1, 0.15) is 0 Å². The first kappa shape index (κ1) is 16.2. The summed E-state index contributed by atoms with van der Waals surface area (Å²) in [6.45, 7) is 4.04. The quantitative estimate of drug-likeness (QED) is 0.808. The number of carbonyl (C=O) groups excluding carboxylic acids is 1. The number of rotatable bonds is 6. The van der Waals surface area contributed by atoms with Gasteiger partial charge in [-0.1, -0.05) is 47.8 Å². The Balaban J connectivity index is 2.97. The smallest absolute Gasteiger partial charge is 0.311 e. The van der Waals surface area contributed by atoms with Gasteiger partial charge in [-0.25, -0.2) is 0 Å². The minimum atomic E-state index is -0.839. The lowest BCUT2D eigenvalue weighted by molar-refractivity contribution is -0.150. The lowest BCUT2D eigenvalue weighted by atomic mass is 9.91. The number of aryl methyl sites for hydroxylation is 1. The fourth-order valence-corrected chi connectivity index (χ4v) is 2.80. The fourth-order valence-electron chi connectivity index (χ4n) is 2.07. The molecule has 1 N–H and O–H groups in total. The average Bonchev–Trinajstić information content (AvgIpc) is 2.38. The van der Waals surface area contributed by atoms with Crippen molar-refractivity contribution in [2.45, 2.75) is 39.2 Å². The molecule has 0 heterocycles. The highest BCUT2D eigenvalue weighted by Gasteiger charge is 2.29. The summed E-state index contributed by atoms with van der Waals surface area (Å²) in [4.78, 5) is 11.8. The largest absolute Gasteiger partial charge is 0.469 e. The zero-order valence-electron chi connectivity index (χ0n) is 11.6. The number of carbonyl (C=O) groups is 1. The number of aliphatic hydroxyl groups is 1. The number of ether oxygens (including phenoxy) is 1. The average molecular weight is 329 g/mol. The number of unbranched alkanes of at least 4 members (excludes halogenated alkanes) is 1. The second-order valence-electron chi connectivity index (χ2n) is 4.74. The van der Waals surface area contributed by atoms with Gasteiger partial charge in [0.2, 0.25) is 0 Å². The number of methoxy groups -OCH3 is 1. The van der Waals surface area contributed by atoms with Gasteiger partial charge in [-0.3, -0.25) is 4.79 Å². The zero-order chi connectivity index (χ0) is 14.4. The van der Waals surface area contributed by atoms with Crippen molar-refractivity contribution in [1.29, 1.82) is 0 Å². The Labute approximate surface area is 123 Å². The highest BCUT2D eigenvalue weighted by Crippen LogP contribution is 2.32. The first-order valence-corrected chi connectivity index (χ1v) is 7.32. The molecule has 1 aromatic rings. The van der Waals surface area contributed by atoms with E-state index in [1.165, 1.54) is 7.11 Å². The Hall–Kier alpha value is -0.870. The molecule has 0 fully saturated rings. The van der Waals surface area contributed by atoms with Crippen LogP contribution in [0.1, 0.15) is 43.4 Å². The van der Waals surface area contributed by atoms with Crippen molar-refractivity contribution >= 4 is 21.9 Å². The maximum absolute atomic E-state index is 11.8. The van der Waals surface area contributed by atoms with Gasteiger partial charge in [0.25, 0.3) is 0 Å².